The molecule has 1 aliphatic rings. The maximum absolute atomic E-state index is 12.9. The summed E-state index contributed by atoms with van der Waals surface area (Å²) in [6, 6.07) is 7.18. The van der Waals surface area contributed by atoms with E-state index in [0.29, 0.717) is 5.56 Å². The van der Waals surface area contributed by atoms with Crippen molar-refractivity contribution >= 4 is 28.2 Å². The van der Waals surface area contributed by atoms with Crippen LogP contribution in [0, 0.1) is 6.92 Å². The van der Waals surface area contributed by atoms with E-state index in [0.717, 1.165) is 5.56 Å². The summed E-state index contributed by atoms with van der Waals surface area (Å²) in [7, 11) is 0. The fourth-order valence-electron chi connectivity index (χ4n) is 1.24. The van der Waals surface area contributed by atoms with Crippen molar-refractivity contribution in [2.24, 2.45) is 0 Å². The molecule has 3 heteroatoms. The van der Waals surface area contributed by atoms with Crippen molar-refractivity contribution in [2.75, 3.05) is 0 Å². The van der Waals surface area contributed by atoms with Gasteiger partial charge in [0.05, 0.1) is 3.58 Å². The summed E-state index contributed by atoms with van der Waals surface area (Å²) in [4.78, 5) is 0. The molecule has 0 N–H and O–H groups in total. The molecule has 1 aromatic carbocycles. The SMILES string of the molecule is Cc1ccc(C2=C(I)C2(F)F)cc1. The zero-order valence-electron chi connectivity index (χ0n) is 6.94. The Bertz CT molecular complexity index is 376. The van der Waals surface area contributed by atoms with Gasteiger partial charge < -0.3 is 0 Å². The Morgan fingerprint density at radius 1 is 1.15 bits per heavy atom. The highest BCUT2D eigenvalue weighted by Gasteiger charge is 2.55. The van der Waals surface area contributed by atoms with Crippen LogP contribution in [-0.2, 0) is 0 Å². The first-order valence-corrected chi connectivity index (χ1v) is 4.97. The molecular weight excluding hydrogens is 285 g/mol. The van der Waals surface area contributed by atoms with Crippen molar-refractivity contribution in [1.29, 1.82) is 0 Å². The number of alkyl halides is 2. The van der Waals surface area contributed by atoms with Crippen LogP contribution in [0.25, 0.3) is 5.57 Å². The van der Waals surface area contributed by atoms with Crippen molar-refractivity contribution in [3.63, 3.8) is 0 Å². The Morgan fingerprint density at radius 2 is 1.62 bits per heavy atom. The molecule has 2 rings (SSSR count). The van der Waals surface area contributed by atoms with Gasteiger partial charge in [0.25, 0.3) is 0 Å². The molecular formula is C10H7F2I. The first-order chi connectivity index (χ1) is 6.03. The van der Waals surface area contributed by atoms with Gasteiger partial charge in [-0.1, -0.05) is 29.8 Å². The maximum atomic E-state index is 12.9. The first-order valence-electron chi connectivity index (χ1n) is 3.89. The highest BCUT2D eigenvalue weighted by atomic mass is 127. The number of halogens is 3. The van der Waals surface area contributed by atoms with Gasteiger partial charge in [-0.2, -0.15) is 8.78 Å². The Kier molecular flexibility index (Phi) is 1.94. The average Bonchev–Trinajstić information content (AvgIpc) is 2.55. The minimum absolute atomic E-state index is 0.175. The second kappa shape index (κ2) is 2.77. The van der Waals surface area contributed by atoms with Crippen LogP contribution >= 0.6 is 22.6 Å². The monoisotopic (exact) mass is 292 g/mol. The summed E-state index contributed by atoms with van der Waals surface area (Å²) in [5.74, 6) is -2.66. The smallest absolute Gasteiger partial charge is 0.195 e. The van der Waals surface area contributed by atoms with Gasteiger partial charge in [0.1, 0.15) is 0 Å². The molecule has 0 aromatic heterocycles. The average molecular weight is 292 g/mol. The van der Waals surface area contributed by atoms with Crippen LogP contribution in [0.5, 0.6) is 0 Å². The van der Waals surface area contributed by atoms with Crippen LogP contribution in [0.3, 0.4) is 0 Å². The first kappa shape index (κ1) is 9.12. The summed E-state index contributed by atoms with van der Waals surface area (Å²) in [6.45, 7) is 1.94. The number of hydrogen-bond acceptors (Lipinski definition) is 0. The molecule has 0 saturated carbocycles. The number of aryl methyl sites for hydroxylation is 1. The fourth-order valence-corrected chi connectivity index (χ4v) is 2.02. The Balaban J connectivity index is 2.35. The lowest BCUT2D eigenvalue weighted by Gasteiger charge is -1.98. The van der Waals surface area contributed by atoms with Gasteiger partial charge in [0, 0.05) is 5.57 Å². The molecule has 0 spiro atoms. The van der Waals surface area contributed by atoms with Crippen LogP contribution < -0.4 is 0 Å². The van der Waals surface area contributed by atoms with Crippen LogP contribution in [0.4, 0.5) is 8.78 Å². The number of allylic oxidation sites excluding steroid dienone is 2. The molecule has 13 heavy (non-hydrogen) atoms. The van der Waals surface area contributed by atoms with Crippen LogP contribution in [-0.4, -0.2) is 5.92 Å². The fraction of sp³-hybridized carbons (Fsp3) is 0.200. The third-order valence-electron chi connectivity index (χ3n) is 2.09. The van der Waals surface area contributed by atoms with E-state index in [2.05, 4.69) is 0 Å². The zero-order chi connectivity index (χ0) is 9.64. The van der Waals surface area contributed by atoms with Gasteiger partial charge >= 0.3 is 5.92 Å². The summed E-state index contributed by atoms with van der Waals surface area (Å²) in [5, 5.41) is 0. The predicted octanol–water partition coefficient (Wildman–Crippen LogP) is 3.79. The minimum Gasteiger partial charge on any atom is -0.195 e. The Labute approximate surface area is 88.8 Å². The molecule has 0 saturated heterocycles. The van der Waals surface area contributed by atoms with Gasteiger partial charge in [-0.3, -0.25) is 0 Å². The zero-order valence-corrected chi connectivity index (χ0v) is 9.10. The molecule has 0 unspecified atom stereocenters. The molecule has 1 aromatic rings. The number of benzene rings is 1. The molecule has 0 atom stereocenters. The van der Waals surface area contributed by atoms with Crippen LogP contribution in [0.15, 0.2) is 27.8 Å². The summed E-state index contributed by atoms with van der Waals surface area (Å²) in [6.07, 6.45) is 0. The molecule has 0 aliphatic heterocycles. The molecule has 0 radical (unpaired) electrons. The van der Waals surface area contributed by atoms with E-state index < -0.39 is 5.92 Å². The summed E-state index contributed by atoms with van der Waals surface area (Å²) >= 11 is 1.70. The van der Waals surface area contributed by atoms with Crippen molar-refractivity contribution in [3.8, 4) is 0 Å². The van der Waals surface area contributed by atoms with Crippen LogP contribution in [0.2, 0.25) is 0 Å². The molecule has 0 heterocycles. The Hall–Kier alpha value is -0.450. The van der Waals surface area contributed by atoms with Gasteiger partial charge in [-0.25, -0.2) is 0 Å². The van der Waals surface area contributed by atoms with Crippen LogP contribution in [0.1, 0.15) is 11.1 Å². The lowest BCUT2D eigenvalue weighted by Crippen LogP contribution is -1.94. The van der Waals surface area contributed by atoms with Crippen molar-refractivity contribution in [3.05, 3.63) is 39.0 Å². The largest absolute Gasteiger partial charge is 0.306 e. The van der Waals surface area contributed by atoms with Gasteiger partial charge in [-0.05, 0) is 35.1 Å². The highest BCUT2D eigenvalue weighted by Crippen LogP contribution is 2.58. The number of rotatable bonds is 1. The second-order valence-electron chi connectivity index (χ2n) is 3.13. The highest BCUT2D eigenvalue weighted by molar-refractivity contribution is 14.1. The molecule has 0 nitrogen and oxygen atoms in total. The van der Waals surface area contributed by atoms with E-state index in [-0.39, 0.29) is 9.15 Å². The van der Waals surface area contributed by atoms with E-state index in [9.17, 15) is 8.78 Å². The lowest BCUT2D eigenvalue weighted by molar-refractivity contribution is 0.158. The van der Waals surface area contributed by atoms with Crippen molar-refractivity contribution < 1.29 is 8.78 Å². The van der Waals surface area contributed by atoms with E-state index >= 15 is 0 Å². The normalized spacial score (nSPS) is 19.1. The topological polar surface area (TPSA) is 0 Å². The number of hydrogen-bond donors (Lipinski definition) is 0. The van der Waals surface area contributed by atoms with E-state index in [1.54, 1.807) is 34.7 Å². The van der Waals surface area contributed by atoms with Gasteiger partial charge in [-0.15, -0.1) is 0 Å². The second-order valence-corrected chi connectivity index (χ2v) is 4.21. The summed E-state index contributed by atoms with van der Waals surface area (Å²) in [5.41, 5.74) is 1.91. The molecule has 68 valence electrons. The molecule has 0 fully saturated rings. The van der Waals surface area contributed by atoms with E-state index in [4.69, 9.17) is 0 Å². The standard InChI is InChI=1S/C10H7F2I/c1-6-2-4-7(5-3-6)8-9(13)10(8,11)12/h2-5H,1H3. The lowest BCUT2D eigenvalue weighted by atomic mass is 10.1. The molecule has 0 bridgehead atoms. The van der Waals surface area contributed by atoms with Crippen molar-refractivity contribution in [1.82, 2.24) is 0 Å². The Morgan fingerprint density at radius 3 is 2.00 bits per heavy atom. The maximum Gasteiger partial charge on any atom is 0.306 e. The van der Waals surface area contributed by atoms with Crippen molar-refractivity contribution in [2.45, 2.75) is 12.8 Å². The third-order valence-corrected chi connectivity index (χ3v) is 3.30. The van der Waals surface area contributed by atoms with Gasteiger partial charge in [0.15, 0.2) is 0 Å². The van der Waals surface area contributed by atoms with Gasteiger partial charge in [0.2, 0.25) is 0 Å². The quantitative estimate of drug-likeness (QED) is 0.691. The third kappa shape index (κ3) is 1.39. The predicted molar refractivity (Wildman–Crippen MR) is 57.1 cm³/mol. The summed E-state index contributed by atoms with van der Waals surface area (Å²) < 4.78 is 26.0. The molecule has 0 amide bonds. The minimum atomic E-state index is -2.66. The van der Waals surface area contributed by atoms with E-state index in [1.165, 1.54) is 0 Å². The molecule has 1 aliphatic carbocycles. The van der Waals surface area contributed by atoms with E-state index in [1.807, 2.05) is 19.1 Å².